The molecule has 1 atom stereocenters. The molecule has 1 unspecified atom stereocenters. The lowest BCUT2D eigenvalue weighted by molar-refractivity contribution is -0.137. The minimum atomic E-state index is -0.748. The maximum absolute atomic E-state index is 12.0. The van der Waals surface area contributed by atoms with Crippen LogP contribution in [0.3, 0.4) is 0 Å². The zero-order valence-electron chi connectivity index (χ0n) is 12.6. The summed E-state index contributed by atoms with van der Waals surface area (Å²) in [6.07, 6.45) is 5.72. The van der Waals surface area contributed by atoms with Crippen molar-refractivity contribution in [3.05, 3.63) is 0 Å². The molecule has 0 fully saturated rings. The molecule has 0 saturated heterocycles. The van der Waals surface area contributed by atoms with Crippen LogP contribution in [0.4, 0.5) is 0 Å². The van der Waals surface area contributed by atoms with Crippen LogP contribution in [-0.4, -0.2) is 23.5 Å². The molecule has 1 amide bonds. The molecule has 2 N–H and O–H groups in total. The molecule has 4 heteroatoms. The first-order valence-electron chi connectivity index (χ1n) is 7.50. The smallest absolute Gasteiger partial charge is 0.303 e. The van der Waals surface area contributed by atoms with E-state index >= 15 is 0 Å². The molecule has 0 radical (unpaired) electrons. The van der Waals surface area contributed by atoms with Crippen molar-refractivity contribution in [3.63, 3.8) is 0 Å². The number of carboxylic acid groups (broad SMARTS) is 1. The molecular formula is C15H29NO3. The van der Waals surface area contributed by atoms with E-state index in [0.29, 0.717) is 18.9 Å². The van der Waals surface area contributed by atoms with Crippen molar-refractivity contribution in [2.24, 2.45) is 11.8 Å². The molecule has 19 heavy (non-hydrogen) atoms. The topological polar surface area (TPSA) is 66.4 Å². The maximum Gasteiger partial charge on any atom is 0.303 e. The average Bonchev–Trinajstić information content (AvgIpc) is 2.36. The highest BCUT2D eigenvalue weighted by Crippen LogP contribution is 2.14. The summed E-state index contributed by atoms with van der Waals surface area (Å²) in [5, 5.41) is 11.6. The van der Waals surface area contributed by atoms with Gasteiger partial charge < -0.3 is 10.4 Å². The lowest BCUT2D eigenvalue weighted by Gasteiger charge is -2.16. The fourth-order valence-corrected chi connectivity index (χ4v) is 2.20. The van der Waals surface area contributed by atoms with Gasteiger partial charge in [0.1, 0.15) is 0 Å². The summed E-state index contributed by atoms with van der Waals surface area (Å²) >= 11 is 0. The van der Waals surface area contributed by atoms with Crippen LogP contribution in [0.5, 0.6) is 0 Å². The Hall–Kier alpha value is -1.06. The Morgan fingerprint density at radius 1 is 1.05 bits per heavy atom. The number of amides is 1. The minimum absolute atomic E-state index is 0.143. The quantitative estimate of drug-likeness (QED) is 0.606. The molecular weight excluding hydrogens is 242 g/mol. The number of aliphatic carboxylic acids is 1. The Kier molecular flexibility index (Phi) is 10.2. The number of carboxylic acids is 1. The third-order valence-electron chi connectivity index (χ3n) is 3.43. The first-order valence-corrected chi connectivity index (χ1v) is 7.50. The highest BCUT2D eigenvalue weighted by Gasteiger charge is 2.16. The summed E-state index contributed by atoms with van der Waals surface area (Å²) in [5.41, 5.74) is 0. The van der Waals surface area contributed by atoms with Gasteiger partial charge in [-0.15, -0.1) is 0 Å². The standard InChI is InChI=1S/C15H29NO3/c1-4-6-13(7-5-2)15(19)16-11-10-12(3)8-9-14(17)18/h12-13H,4-11H2,1-3H3,(H,16,19)(H,17,18). The maximum atomic E-state index is 12.0. The lowest BCUT2D eigenvalue weighted by Crippen LogP contribution is -2.32. The van der Waals surface area contributed by atoms with Crippen LogP contribution >= 0.6 is 0 Å². The van der Waals surface area contributed by atoms with Gasteiger partial charge in [0.05, 0.1) is 0 Å². The highest BCUT2D eigenvalue weighted by atomic mass is 16.4. The van der Waals surface area contributed by atoms with Gasteiger partial charge in [0.15, 0.2) is 0 Å². The molecule has 0 bridgehead atoms. The van der Waals surface area contributed by atoms with Gasteiger partial charge in [0.2, 0.25) is 5.91 Å². The van der Waals surface area contributed by atoms with Crippen molar-refractivity contribution in [3.8, 4) is 0 Å². The highest BCUT2D eigenvalue weighted by molar-refractivity contribution is 5.78. The summed E-state index contributed by atoms with van der Waals surface area (Å²) in [6, 6.07) is 0. The number of carbonyl (C=O) groups excluding carboxylic acids is 1. The van der Waals surface area contributed by atoms with E-state index in [4.69, 9.17) is 5.11 Å². The van der Waals surface area contributed by atoms with Crippen LogP contribution < -0.4 is 5.32 Å². The van der Waals surface area contributed by atoms with Crippen LogP contribution in [0.1, 0.15) is 65.7 Å². The van der Waals surface area contributed by atoms with Crippen LogP contribution in [0.2, 0.25) is 0 Å². The van der Waals surface area contributed by atoms with Crippen molar-refractivity contribution in [2.75, 3.05) is 6.54 Å². The van der Waals surface area contributed by atoms with Gasteiger partial charge >= 0.3 is 5.97 Å². The zero-order chi connectivity index (χ0) is 14.7. The van der Waals surface area contributed by atoms with Crippen molar-refractivity contribution >= 4 is 11.9 Å². The lowest BCUT2D eigenvalue weighted by atomic mass is 9.97. The molecule has 0 heterocycles. The van der Waals surface area contributed by atoms with Gasteiger partial charge in [0, 0.05) is 18.9 Å². The third kappa shape index (κ3) is 9.51. The molecule has 0 aliphatic carbocycles. The summed E-state index contributed by atoms with van der Waals surface area (Å²) in [7, 11) is 0. The van der Waals surface area contributed by atoms with Crippen molar-refractivity contribution in [1.29, 1.82) is 0 Å². The van der Waals surface area contributed by atoms with E-state index in [0.717, 1.165) is 32.1 Å². The fraction of sp³-hybridized carbons (Fsp3) is 0.867. The second-order valence-corrected chi connectivity index (χ2v) is 5.39. The molecule has 0 rings (SSSR count). The SMILES string of the molecule is CCCC(CCC)C(=O)NCCC(C)CCC(=O)O. The Labute approximate surface area is 117 Å². The van der Waals surface area contributed by atoms with E-state index in [1.807, 2.05) is 6.92 Å². The van der Waals surface area contributed by atoms with Crippen molar-refractivity contribution in [2.45, 2.75) is 65.7 Å². The zero-order valence-corrected chi connectivity index (χ0v) is 12.6. The number of hydrogen-bond donors (Lipinski definition) is 2. The van der Waals surface area contributed by atoms with Crippen LogP contribution in [0, 0.1) is 11.8 Å². The second-order valence-electron chi connectivity index (χ2n) is 5.39. The van der Waals surface area contributed by atoms with E-state index in [-0.39, 0.29) is 18.2 Å². The Morgan fingerprint density at radius 3 is 2.11 bits per heavy atom. The molecule has 0 spiro atoms. The number of hydrogen-bond acceptors (Lipinski definition) is 2. The normalized spacial score (nSPS) is 12.4. The van der Waals surface area contributed by atoms with E-state index in [2.05, 4.69) is 19.2 Å². The molecule has 0 aliphatic rings. The molecule has 0 aromatic rings. The Morgan fingerprint density at radius 2 is 1.63 bits per heavy atom. The Bertz CT molecular complexity index is 260. The van der Waals surface area contributed by atoms with Gasteiger partial charge in [-0.1, -0.05) is 33.6 Å². The van der Waals surface area contributed by atoms with Crippen molar-refractivity contribution in [1.82, 2.24) is 5.32 Å². The summed E-state index contributed by atoms with van der Waals surface area (Å²) in [5.74, 6) is -0.104. The monoisotopic (exact) mass is 271 g/mol. The van der Waals surface area contributed by atoms with Crippen LogP contribution in [0.25, 0.3) is 0 Å². The largest absolute Gasteiger partial charge is 0.481 e. The molecule has 0 saturated carbocycles. The molecule has 0 aliphatic heterocycles. The molecule has 0 aromatic carbocycles. The van der Waals surface area contributed by atoms with E-state index in [9.17, 15) is 9.59 Å². The first-order chi connectivity index (χ1) is 9.01. The Balaban J connectivity index is 3.84. The van der Waals surface area contributed by atoms with E-state index in [1.165, 1.54) is 0 Å². The number of rotatable bonds is 11. The van der Waals surface area contributed by atoms with E-state index < -0.39 is 5.97 Å². The van der Waals surface area contributed by atoms with Gasteiger partial charge in [-0.2, -0.15) is 0 Å². The fourth-order valence-electron chi connectivity index (χ4n) is 2.20. The summed E-state index contributed by atoms with van der Waals surface area (Å²) < 4.78 is 0. The molecule has 0 aromatic heterocycles. The summed E-state index contributed by atoms with van der Waals surface area (Å²) in [6.45, 7) is 6.89. The van der Waals surface area contributed by atoms with E-state index in [1.54, 1.807) is 0 Å². The van der Waals surface area contributed by atoms with Gasteiger partial charge in [0.25, 0.3) is 0 Å². The van der Waals surface area contributed by atoms with Crippen LogP contribution in [-0.2, 0) is 9.59 Å². The first kappa shape index (κ1) is 17.9. The van der Waals surface area contributed by atoms with Crippen LogP contribution in [0.15, 0.2) is 0 Å². The van der Waals surface area contributed by atoms with Gasteiger partial charge in [-0.3, -0.25) is 9.59 Å². The third-order valence-corrected chi connectivity index (χ3v) is 3.43. The number of nitrogens with one attached hydrogen (secondary N) is 1. The molecule has 4 nitrogen and oxygen atoms in total. The molecule has 112 valence electrons. The van der Waals surface area contributed by atoms with Gasteiger partial charge in [-0.05, 0) is 31.6 Å². The minimum Gasteiger partial charge on any atom is -0.481 e. The second kappa shape index (κ2) is 10.8. The average molecular weight is 271 g/mol. The predicted molar refractivity (Wildman–Crippen MR) is 77.0 cm³/mol. The predicted octanol–water partition coefficient (Wildman–Crippen LogP) is 3.21. The van der Waals surface area contributed by atoms with Crippen molar-refractivity contribution < 1.29 is 14.7 Å². The summed E-state index contributed by atoms with van der Waals surface area (Å²) in [4.78, 5) is 22.4. The number of carbonyl (C=O) groups is 2. The van der Waals surface area contributed by atoms with Gasteiger partial charge in [-0.25, -0.2) is 0 Å².